The Morgan fingerprint density at radius 2 is 1.73 bits per heavy atom. The average molecular weight is 389 g/mol. The van der Waals surface area contributed by atoms with E-state index in [-0.39, 0.29) is 0 Å². The summed E-state index contributed by atoms with van der Waals surface area (Å²) in [4.78, 5) is 4.18. The van der Waals surface area contributed by atoms with E-state index >= 15 is 0 Å². The van der Waals surface area contributed by atoms with E-state index in [9.17, 15) is 5.11 Å². The first kappa shape index (κ1) is 18.0. The van der Waals surface area contributed by atoms with Crippen LogP contribution in [-0.2, 0) is 12.8 Å². The van der Waals surface area contributed by atoms with Crippen molar-refractivity contribution >= 4 is 21.9 Å². The number of nitrogens with zero attached hydrogens (tertiary/aromatic N) is 1. The Balaban J connectivity index is 1.41. The largest absolute Gasteiger partial charge is 0.507 e. The second-order valence-electron chi connectivity index (χ2n) is 7.30. The van der Waals surface area contributed by atoms with Crippen molar-refractivity contribution in [2.75, 3.05) is 0 Å². The molecule has 0 radical (unpaired) electrons. The van der Waals surface area contributed by atoms with E-state index < -0.39 is 0 Å². The normalized spacial score (nSPS) is 10.8. The molecule has 0 atom stereocenters. The lowest BCUT2D eigenvalue weighted by Gasteiger charge is -2.09. The minimum Gasteiger partial charge on any atom is -0.507 e. The molecule has 0 saturated carbocycles. The molecule has 0 bridgehead atoms. The van der Waals surface area contributed by atoms with Crippen LogP contribution in [0, 0.1) is 11.8 Å². The Kier molecular flexibility index (Phi) is 4.67. The summed E-state index contributed by atoms with van der Waals surface area (Å²) in [7, 11) is 0. The molecule has 0 aliphatic carbocycles. The molecule has 0 amide bonds. The maximum atomic E-state index is 10.9. The standard InChI is InChI=1S/C27H19NO2/c29-27-23(15-19-5-2-1-3-6-19)13-12-22-11-9-20(16-24(22)27)7-4-8-21-10-14-26-25(17-21)28-18-30-26/h1-3,5-6,9-14,16-18,29H,8,15H2. The molecule has 0 unspecified atom stereocenters. The third kappa shape index (κ3) is 3.64. The number of oxazole rings is 1. The van der Waals surface area contributed by atoms with E-state index in [1.54, 1.807) is 0 Å². The number of hydrogen-bond acceptors (Lipinski definition) is 3. The highest BCUT2D eigenvalue weighted by Crippen LogP contribution is 2.31. The zero-order chi connectivity index (χ0) is 20.3. The lowest BCUT2D eigenvalue weighted by atomic mass is 9.98. The van der Waals surface area contributed by atoms with Crippen molar-refractivity contribution < 1.29 is 9.52 Å². The summed E-state index contributed by atoms with van der Waals surface area (Å²) in [6.45, 7) is 0. The highest BCUT2D eigenvalue weighted by molar-refractivity contribution is 5.90. The SMILES string of the molecule is Oc1c(Cc2ccccc2)ccc2ccc(C#CCc3ccc4ocnc4c3)cc12. The summed E-state index contributed by atoms with van der Waals surface area (Å²) in [5.41, 5.74) is 5.70. The first-order chi connectivity index (χ1) is 14.8. The molecule has 0 aliphatic heterocycles. The molecular formula is C27H19NO2. The number of rotatable bonds is 3. The van der Waals surface area contributed by atoms with Crippen LogP contribution in [0.1, 0.15) is 22.3 Å². The molecule has 5 aromatic rings. The van der Waals surface area contributed by atoms with Crippen LogP contribution in [0.25, 0.3) is 21.9 Å². The topological polar surface area (TPSA) is 46.3 Å². The van der Waals surface area contributed by atoms with Crippen molar-refractivity contribution in [2.24, 2.45) is 0 Å². The van der Waals surface area contributed by atoms with Gasteiger partial charge in [-0.1, -0.05) is 66.4 Å². The Morgan fingerprint density at radius 1 is 0.867 bits per heavy atom. The number of aromatic nitrogens is 1. The molecule has 0 saturated heterocycles. The van der Waals surface area contributed by atoms with E-state index in [0.29, 0.717) is 18.6 Å². The molecular weight excluding hydrogens is 370 g/mol. The number of fused-ring (bicyclic) bond motifs is 2. The summed E-state index contributed by atoms with van der Waals surface area (Å²) in [5.74, 6) is 6.77. The molecule has 4 aromatic carbocycles. The molecule has 3 heteroatoms. The third-order valence-corrected chi connectivity index (χ3v) is 5.23. The zero-order valence-electron chi connectivity index (χ0n) is 16.3. The molecule has 1 N–H and O–H groups in total. The molecule has 1 heterocycles. The van der Waals surface area contributed by atoms with Gasteiger partial charge >= 0.3 is 0 Å². The molecule has 144 valence electrons. The average Bonchev–Trinajstić information content (AvgIpc) is 3.25. The summed E-state index contributed by atoms with van der Waals surface area (Å²) < 4.78 is 5.27. The molecule has 3 nitrogen and oxygen atoms in total. The summed E-state index contributed by atoms with van der Waals surface area (Å²) in [6.07, 6.45) is 2.78. The lowest BCUT2D eigenvalue weighted by Crippen LogP contribution is -1.90. The second kappa shape index (κ2) is 7.77. The van der Waals surface area contributed by atoms with Crippen LogP contribution in [0.3, 0.4) is 0 Å². The lowest BCUT2D eigenvalue weighted by molar-refractivity contribution is 0.476. The van der Waals surface area contributed by atoms with Gasteiger partial charge in [-0.25, -0.2) is 4.98 Å². The molecule has 0 aliphatic rings. The first-order valence-corrected chi connectivity index (χ1v) is 9.86. The second-order valence-corrected chi connectivity index (χ2v) is 7.30. The number of hydrogen-bond donors (Lipinski definition) is 1. The van der Waals surface area contributed by atoms with Crippen molar-refractivity contribution in [2.45, 2.75) is 12.8 Å². The van der Waals surface area contributed by atoms with Gasteiger partial charge in [0.05, 0.1) is 0 Å². The Hall–Kier alpha value is -4.03. The van der Waals surface area contributed by atoms with Crippen LogP contribution >= 0.6 is 0 Å². The van der Waals surface area contributed by atoms with E-state index in [1.165, 1.54) is 12.0 Å². The molecule has 1 aromatic heterocycles. The minimum atomic E-state index is 0.330. The number of phenols is 1. The van der Waals surface area contributed by atoms with Crippen molar-refractivity contribution in [1.82, 2.24) is 4.98 Å². The van der Waals surface area contributed by atoms with Gasteiger partial charge in [0.2, 0.25) is 0 Å². The van der Waals surface area contributed by atoms with Gasteiger partial charge in [0.25, 0.3) is 0 Å². The molecule has 5 rings (SSSR count). The van der Waals surface area contributed by atoms with Gasteiger partial charge in [-0.2, -0.15) is 0 Å². The number of aromatic hydroxyl groups is 1. The van der Waals surface area contributed by atoms with Crippen LogP contribution < -0.4 is 0 Å². The summed E-state index contributed by atoms with van der Waals surface area (Å²) in [5, 5.41) is 12.7. The molecule has 0 fully saturated rings. The first-order valence-electron chi connectivity index (χ1n) is 9.86. The Morgan fingerprint density at radius 3 is 2.63 bits per heavy atom. The van der Waals surface area contributed by atoms with Crippen molar-refractivity contribution in [3.05, 3.63) is 108 Å². The maximum absolute atomic E-state index is 10.9. The van der Waals surface area contributed by atoms with Crippen molar-refractivity contribution in [1.29, 1.82) is 0 Å². The van der Waals surface area contributed by atoms with Gasteiger partial charge in [-0.15, -0.1) is 0 Å². The highest BCUT2D eigenvalue weighted by Gasteiger charge is 2.08. The van der Waals surface area contributed by atoms with Crippen LogP contribution in [0.5, 0.6) is 5.75 Å². The summed E-state index contributed by atoms with van der Waals surface area (Å²) >= 11 is 0. The predicted molar refractivity (Wildman–Crippen MR) is 119 cm³/mol. The van der Waals surface area contributed by atoms with Gasteiger partial charge in [-0.05, 0) is 46.3 Å². The summed E-state index contributed by atoms with van der Waals surface area (Å²) in [6, 6.07) is 26.1. The van der Waals surface area contributed by atoms with Crippen LogP contribution in [-0.4, -0.2) is 10.1 Å². The van der Waals surface area contributed by atoms with Crippen LogP contribution in [0.4, 0.5) is 0 Å². The van der Waals surface area contributed by atoms with Gasteiger partial charge in [-0.3, -0.25) is 0 Å². The van der Waals surface area contributed by atoms with Crippen molar-refractivity contribution in [3.63, 3.8) is 0 Å². The van der Waals surface area contributed by atoms with Gasteiger partial charge in [0.1, 0.15) is 11.3 Å². The third-order valence-electron chi connectivity index (χ3n) is 5.23. The fourth-order valence-corrected chi connectivity index (χ4v) is 3.65. The van der Waals surface area contributed by atoms with E-state index in [4.69, 9.17) is 4.42 Å². The number of phenolic OH excluding ortho intramolecular Hbond substituents is 1. The zero-order valence-corrected chi connectivity index (χ0v) is 16.3. The highest BCUT2D eigenvalue weighted by atomic mass is 16.3. The van der Waals surface area contributed by atoms with Gasteiger partial charge in [0.15, 0.2) is 12.0 Å². The molecule has 30 heavy (non-hydrogen) atoms. The fraction of sp³-hybridized carbons (Fsp3) is 0.0741. The number of benzene rings is 4. The Labute approximate surface area is 174 Å². The monoisotopic (exact) mass is 389 g/mol. The maximum Gasteiger partial charge on any atom is 0.181 e. The van der Waals surface area contributed by atoms with E-state index in [2.05, 4.69) is 35.0 Å². The Bertz CT molecular complexity index is 1410. The van der Waals surface area contributed by atoms with Crippen molar-refractivity contribution in [3.8, 4) is 17.6 Å². The van der Waals surface area contributed by atoms with Crippen LogP contribution in [0.2, 0.25) is 0 Å². The molecule has 0 spiro atoms. The van der Waals surface area contributed by atoms with E-state index in [1.807, 2.05) is 60.7 Å². The predicted octanol–water partition coefficient (Wildman–Crippen LogP) is 5.87. The van der Waals surface area contributed by atoms with Gasteiger partial charge < -0.3 is 9.52 Å². The fourth-order valence-electron chi connectivity index (χ4n) is 3.65. The smallest absolute Gasteiger partial charge is 0.181 e. The van der Waals surface area contributed by atoms with E-state index in [0.717, 1.165) is 38.6 Å². The van der Waals surface area contributed by atoms with Crippen LogP contribution in [0.15, 0.2) is 89.7 Å². The van der Waals surface area contributed by atoms with Gasteiger partial charge in [0, 0.05) is 23.8 Å². The minimum absolute atomic E-state index is 0.330. The quantitative estimate of drug-likeness (QED) is 0.393.